The zero-order valence-electron chi connectivity index (χ0n) is 10.8. The van der Waals surface area contributed by atoms with Gasteiger partial charge >= 0.3 is 0 Å². The summed E-state index contributed by atoms with van der Waals surface area (Å²) >= 11 is 0. The molecular weight excluding hydrogens is 254 g/mol. The van der Waals surface area contributed by atoms with Gasteiger partial charge in [0.15, 0.2) is 17.4 Å². The number of carbonyl (C=O) groups excluding carboxylic acids is 1. The summed E-state index contributed by atoms with van der Waals surface area (Å²) in [7, 11) is 1.19. The van der Waals surface area contributed by atoms with E-state index in [0.717, 1.165) is 25.2 Å². The Bertz CT molecular complexity index is 467. The molecule has 1 heterocycles. The number of hydrogen-bond donors (Lipinski definition) is 2. The van der Waals surface area contributed by atoms with Gasteiger partial charge < -0.3 is 15.4 Å². The number of halogens is 2. The summed E-state index contributed by atoms with van der Waals surface area (Å²) in [6.07, 6.45) is 0. The largest absolute Gasteiger partial charge is 0.491 e. The lowest BCUT2D eigenvalue weighted by atomic mass is 9.88. The monoisotopic (exact) mass is 270 g/mol. The topological polar surface area (TPSA) is 50.4 Å². The van der Waals surface area contributed by atoms with Crippen LogP contribution in [0.2, 0.25) is 0 Å². The van der Waals surface area contributed by atoms with Crippen molar-refractivity contribution in [2.24, 2.45) is 11.8 Å². The van der Waals surface area contributed by atoms with Crippen LogP contribution in [0.15, 0.2) is 12.1 Å². The number of benzene rings is 1. The molecular formula is C13H16F2N2O2. The van der Waals surface area contributed by atoms with E-state index in [1.54, 1.807) is 6.92 Å². The molecule has 1 fully saturated rings. The molecule has 0 radical (unpaired) electrons. The van der Waals surface area contributed by atoms with E-state index in [4.69, 9.17) is 0 Å². The number of rotatable bonds is 4. The average Bonchev–Trinajstić information content (AvgIpc) is 2.26. The predicted molar refractivity (Wildman–Crippen MR) is 67.1 cm³/mol. The van der Waals surface area contributed by atoms with Gasteiger partial charge in [0.05, 0.1) is 7.11 Å². The summed E-state index contributed by atoms with van der Waals surface area (Å²) < 4.78 is 31.5. The lowest BCUT2D eigenvalue weighted by molar-refractivity contribution is -0.121. The van der Waals surface area contributed by atoms with Crippen LogP contribution in [0.25, 0.3) is 0 Å². The van der Waals surface area contributed by atoms with Crippen molar-refractivity contribution in [3.8, 4) is 5.75 Å². The Kier molecular flexibility index (Phi) is 3.99. The first-order chi connectivity index (χ1) is 9.02. The molecule has 1 saturated heterocycles. The second kappa shape index (κ2) is 5.52. The van der Waals surface area contributed by atoms with E-state index in [2.05, 4.69) is 15.4 Å². The van der Waals surface area contributed by atoms with Crippen molar-refractivity contribution < 1.29 is 18.3 Å². The first-order valence-electron chi connectivity index (χ1n) is 6.07. The summed E-state index contributed by atoms with van der Waals surface area (Å²) in [6, 6.07) is 2.09. The molecule has 0 aromatic heterocycles. The maximum atomic E-state index is 13.5. The van der Waals surface area contributed by atoms with Crippen molar-refractivity contribution in [3.63, 3.8) is 0 Å². The second-order valence-corrected chi connectivity index (χ2v) is 4.67. The number of anilines is 1. The van der Waals surface area contributed by atoms with Crippen molar-refractivity contribution >= 4 is 11.6 Å². The fourth-order valence-electron chi connectivity index (χ4n) is 1.96. The molecule has 2 rings (SSSR count). The molecule has 0 bridgehead atoms. The van der Waals surface area contributed by atoms with E-state index in [0.29, 0.717) is 0 Å². The number of hydrogen-bond acceptors (Lipinski definition) is 3. The fourth-order valence-corrected chi connectivity index (χ4v) is 1.96. The highest BCUT2D eigenvalue weighted by molar-refractivity contribution is 5.92. The van der Waals surface area contributed by atoms with Gasteiger partial charge in [0, 0.05) is 23.7 Å². The molecule has 1 unspecified atom stereocenters. The quantitative estimate of drug-likeness (QED) is 0.876. The van der Waals surface area contributed by atoms with Gasteiger partial charge in [-0.15, -0.1) is 0 Å². The third kappa shape index (κ3) is 2.84. The minimum atomic E-state index is -0.837. The molecule has 0 aliphatic carbocycles. The molecule has 0 spiro atoms. The molecule has 1 aromatic rings. The highest BCUT2D eigenvalue weighted by Gasteiger charge is 2.28. The Balaban J connectivity index is 2.08. The summed E-state index contributed by atoms with van der Waals surface area (Å²) in [5, 5.41) is 5.60. The van der Waals surface area contributed by atoms with Crippen LogP contribution in [0.5, 0.6) is 5.75 Å². The molecule has 19 heavy (non-hydrogen) atoms. The van der Waals surface area contributed by atoms with Crippen LogP contribution in [0.4, 0.5) is 14.5 Å². The molecule has 0 saturated carbocycles. The van der Waals surface area contributed by atoms with Gasteiger partial charge in [-0.25, -0.2) is 8.78 Å². The van der Waals surface area contributed by atoms with Crippen molar-refractivity contribution in [2.75, 3.05) is 25.5 Å². The van der Waals surface area contributed by atoms with E-state index in [-0.39, 0.29) is 23.4 Å². The molecule has 1 amide bonds. The molecule has 104 valence electrons. The maximum absolute atomic E-state index is 13.5. The van der Waals surface area contributed by atoms with Crippen LogP contribution >= 0.6 is 0 Å². The van der Waals surface area contributed by atoms with Crippen LogP contribution in [-0.4, -0.2) is 26.1 Å². The van der Waals surface area contributed by atoms with E-state index >= 15 is 0 Å². The van der Waals surface area contributed by atoms with E-state index in [1.807, 2.05) is 0 Å². The third-order valence-corrected chi connectivity index (χ3v) is 3.40. The average molecular weight is 270 g/mol. The van der Waals surface area contributed by atoms with Crippen molar-refractivity contribution in [3.05, 3.63) is 23.8 Å². The standard InChI is InChI=1S/C13H16F2N2O2/c1-7(8-5-16-6-8)13(18)17-9-3-10(14)12(19-2)11(15)4-9/h3-4,7-8,16H,5-6H2,1-2H3,(H,17,18). The molecule has 6 heteroatoms. The molecule has 1 atom stereocenters. The number of methoxy groups -OCH3 is 1. The Labute approximate surface area is 110 Å². The SMILES string of the molecule is COc1c(F)cc(NC(=O)C(C)C2CNC2)cc1F. The third-order valence-electron chi connectivity index (χ3n) is 3.40. The highest BCUT2D eigenvalue weighted by Crippen LogP contribution is 2.26. The Morgan fingerprint density at radius 2 is 2.00 bits per heavy atom. The van der Waals surface area contributed by atoms with E-state index in [9.17, 15) is 13.6 Å². The Hall–Kier alpha value is -1.69. The molecule has 1 aromatic carbocycles. The van der Waals surface area contributed by atoms with E-state index in [1.165, 1.54) is 7.11 Å². The number of ether oxygens (including phenoxy) is 1. The van der Waals surface area contributed by atoms with Crippen molar-refractivity contribution in [1.29, 1.82) is 0 Å². The van der Waals surface area contributed by atoms with Crippen LogP contribution in [0, 0.1) is 23.5 Å². The normalized spacial score (nSPS) is 16.6. The second-order valence-electron chi connectivity index (χ2n) is 4.67. The van der Waals surface area contributed by atoms with Gasteiger partial charge in [-0.2, -0.15) is 0 Å². The Morgan fingerprint density at radius 3 is 2.42 bits per heavy atom. The molecule has 1 aliphatic rings. The molecule has 4 nitrogen and oxygen atoms in total. The maximum Gasteiger partial charge on any atom is 0.227 e. The van der Waals surface area contributed by atoms with Crippen LogP contribution in [0.1, 0.15) is 6.92 Å². The van der Waals surface area contributed by atoms with Crippen LogP contribution < -0.4 is 15.4 Å². The minimum absolute atomic E-state index is 0.0972. The summed E-state index contributed by atoms with van der Waals surface area (Å²) in [5.74, 6) is -2.29. The highest BCUT2D eigenvalue weighted by atomic mass is 19.1. The predicted octanol–water partition coefficient (Wildman–Crippen LogP) is 1.77. The lowest BCUT2D eigenvalue weighted by Gasteiger charge is -2.31. The Morgan fingerprint density at radius 1 is 1.42 bits per heavy atom. The van der Waals surface area contributed by atoms with Gasteiger partial charge in [0.2, 0.25) is 5.91 Å². The van der Waals surface area contributed by atoms with Gasteiger partial charge in [0.25, 0.3) is 0 Å². The molecule has 1 aliphatic heterocycles. The zero-order chi connectivity index (χ0) is 14.0. The van der Waals surface area contributed by atoms with Crippen LogP contribution in [-0.2, 0) is 4.79 Å². The number of nitrogens with one attached hydrogen (secondary N) is 2. The van der Waals surface area contributed by atoms with Crippen molar-refractivity contribution in [2.45, 2.75) is 6.92 Å². The summed E-state index contributed by atoms with van der Waals surface area (Å²) in [6.45, 7) is 3.39. The fraction of sp³-hybridized carbons (Fsp3) is 0.462. The molecule has 2 N–H and O–H groups in total. The van der Waals surface area contributed by atoms with Gasteiger partial charge in [-0.3, -0.25) is 4.79 Å². The first kappa shape index (κ1) is 13.7. The minimum Gasteiger partial charge on any atom is -0.491 e. The lowest BCUT2D eigenvalue weighted by Crippen LogP contribution is -2.48. The summed E-state index contributed by atoms with van der Waals surface area (Å²) in [5.41, 5.74) is 0.0972. The first-order valence-corrected chi connectivity index (χ1v) is 6.07. The van der Waals surface area contributed by atoms with Gasteiger partial charge in [-0.1, -0.05) is 6.92 Å². The van der Waals surface area contributed by atoms with Gasteiger partial charge in [0.1, 0.15) is 0 Å². The van der Waals surface area contributed by atoms with Gasteiger partial charge in [-0.05, 0) is 19.0 Å². The number of carbonyl (C=O) groups is 1. The number of amides is 1. The van der Waals surface area contributed by atoms with Crippen LogP contribution in [0.3, 0.4) is 0 Å². The smallest absolute Gasteiger partial charge is 0.227 e. The van der Waals surface area contributed by atoms with E-state index < -0.39 is 17.4 Å². The van der Waals surface area contributed by atoms with Crippen molar-refractivity contribution in [1.82, 2.24) is 5.32 Å². The zero-order valence-corrected chi connectivity index (χ0v) is 10.8. The summed E-state index contributed by atoms with van der Waals surface area (Å²) in [4.78, 5) is 11.9.